The van der Waals surface area contributed by atoms with Crippen molar-refractivity contribution in [1.29, 1.82) is 0 Å². The van der Waals surface area contributed by atoms with E-state index in [1.54, 1.807) is 6.92 Å². The Morgan fingerprint density at radius 3 is 2.08 bits per heavy atom. The quantitative estimate of drug-likeness (QED) is 0.448. The van der Waals surface area contributed by atoms with Gasteiger partial charge < -0.3 is 19.6 Å². The summed E-state index contributed by atoms with van der Waals surface area (Å²) in [6, 6.07) is 0. The summed E-state index contributed by atoms with van der Waals surface area (Å²) in [5, 5.41) is 3.26. The van der Waals surface area contributed by atoms with Gasteiger partial charge in [0, 0.05) is 32.6 Å². The minimum Gasteiger partial charge on any atom is -0.372 e. The number of hydrogen-bond acceptors (Lipinski definition) is 7. The maximum Gasteiger partial charge on any atom is 0.358 e. The van der Waals surface area contributed by atoms with Gasteiger partial charge in [0.05, 0.1) is 0 Å². The Morgan fingerprint density at radius 2 is 1.56 bits per heavy atom. The number of amides is 3. The molecule has 9 nitrogen and oxygen atoms in total. The van der Waals surface area contributed by atoms with E-state index in [0.29, 0.717) is 18.3 Å². The third kappa shape index (κ3) is 11.2. The van der Waals surface area contributed by atoms with E-state index in [9.17, 15) is 19.2 Å². The van der Waals surface area contributed by atoms with Gasteiger partial charge in [0.1, 0.15) is 13.2 Å². The zero-order chi connectivity index (χ0) is 19.1. The van der Waals surface area contributed by atoms with Crippen LogP contribution in [-0.2, 0) is 33.5 Å². The Kier molecular flexibility index (Phi) is 13.2. The predicted molar refractivity (Wildman–Crippen MR) is 88.1 cm³/mol. The van der Waals surface area contributed by atoms with Gasteiger partial charge in [-0.1, -0.05) is 13.3 Å². The normalized spacial score (nSPS) is 13.3. The van der Waals surface area contributed by atoms with Crippen LogP contribution in [0.25, 0.3) is 0 Å². The van der Waals surface area contributed by atoms with Gasteiger partial charge in [0.15, 0.2) is 0 Å². The van der Waals surface area contributed by atoms with E-state index < -0.39 is 17.8 Å². The van der Waals surface area contributed by atoms with Crippen LogP contribution in [0.3, 0.4) is 0 Å². The largest absolute Gasteiger partial charge is 0.372 e. The van der Waals surface area contributed by atoms with Crippen molar-refractivity contribution in [3.8, 4) is 0 Å². The second-order valence-electron chi connectivity index (χ2n) is 5.02. The van der Waals surface area contributed by atoms with Crippen LogP contribution in [0.15, 0.2) is 0 Å². The van der Waals surface area contributed by atoms with Crippen LogP contribution in [0.1, 0.15) is 46.5 Å². The maximum absolute atomic E-state index is 11.0. The van der Waals surface area contributed by atoms with Gasteiger partial charge in [-0.3, -0.25) is 14.4 Å². The van der Waals surface area contributed by atoms with Crippen molar-refractivity contribution in [2.75, 3.05) is 33.0 Å². The molecule has 3 amide bonds. The molecule has 0 aromatic heterocycles. The average Bonchev–Trinajstić information content (AvgIpc) is 2.91. The summed E-state index contributed by atoms with van der Waals surface area (Å²) in [5.74, 6) is -1.73. The fourth-order valence-corrected chi connectivity index (χ4v) is 1.62. The van der Waals surface area contributed by atoms with Crippen molar-refractivity contribution in [3.63, 3.8) is 0 Å². The van der Waals surface area contributed by atoms with Crippen LogP contribution < -0.4 is 5.32 Å². The molecule has 0 aromatic rings. The highest BCUT2D eigenvalue weighted by atomic mass is 16.7. The molecule has 0 aromatic carbocycles. The van der Waals surface area contributed by atoms with E-state index in [1.807, 2.05) is 6.92 Å². The second kappa shape index (κ2) is 14.4. The monoisotopic (exact) mass is 360 g/mol. The van der Waals surface area contributed by atoms with Crippen molar-refractivity contribution in [1.82, 2.24) is 10.4 Å². The number of imide groups is 1. The van der Waals surface area contributed by atoms with E-state index in [4.69, 9.17) is 9.47 Å². The lowest BCUT2D eigenvalue weighted by Gasteiger charge is -2.11. The molecule has 0 radical (unpaired) electrons. The molecule has 9 heteroatoms. The SMILES string of the molecule is CCCCNC(=O)COCC.CCOCC(=O)ON1C(=O)CCC1=O. The second-order valence-corrected chi connectivity index (χ2v) is 5.02. The summed E-state index contributed by atoms with van der Waals surface area (Å²) in [7, 11) is 0. The lowest BCUT2D eigenvalue weighted by atomic mass is 10.3. The Labute approximate surface area is 147 Å². The number of carbonyl (C=O) groups excluding carboxylic acids is 4. The third-order valence-electron chi connectivity index (χ3n) is 2.91. The summed E-state index contributed by atoms with van der Waals surface area (Å²) in [6.45, 7) is 7.36. The minimum absolute atomic E-state index is 0.0136. The molecule has 0 aliphatic carbocycles. The maximum atomic E-state index is 11.0. The Morgan fingerprint density at radius 1 is 1.00 bits per heavy atom. The number of rotatable bonds is 10. The highest BCUT2D eigenvalue weighted by Crippen LogP contribution is 2.11. The molecule has 25 heavy (non-hydrogen) atoms. The summed E-state index contributed by atoms with van der Waals surface area (Å²) in [6.07, 6.45) is 2.34. The number of ether oxygens (including phenoxy) is 2. The van der Waals surface area contributed by atoms with E-state index >= 15 is 0 Å². The number of hydroxylamine groups is 2. The molecule has 1 aliphatic heterocycles. The molecule has 0 bridgehead atoms. The van der Waals surface area contributed by atoms with Gasteiger partial charge >= 0.3 is 5.97 Å². The number of carbonyl (C=O) groups is 4. The first-order valence-electron chi connectivity index (χ1n) is 8.44. The van der Waals surface area contributed by atoms with Gasteiger partial charge in [-0.2, -0.15) is 0 Å². The molecule has 0 spiro atoms. The number of unbranched alkanes of at least 4 members (excludes halogenated alkanes) is 1. The van der Waals surface area contributed by atoms with Gasteiger partial charge in [-0.25, -0.2) is 4.79 Å². The first kappa shape index (κ1) is 23.0. The summed E-state index contributed by atoms with van der Waals surface area (Å²) >= 11 is 0. The molecule has 1 heterocycles. The van der Waals surface area contributed by atoms with Crippen LogP contribution >= 0.6 is 0 Å². The lowest BCUT2D eigenvalue weighted by Crippen LogP contribution is -2.33. The highest BCUT2D eigenvalue weighted by molar-refractivity contribution is 6.01. The molecule has 1 fully saturated rings. The standard InChI is InChI=1S/C8H11NO5.C8H17NO2/c1-2-13-5-8(12)14-9-6(10)3-4-7(9)11;1-3-5-6-9-8(10)7-11-4-2/h2-5H2,1H3;3-7H2,1-2H3,(H,9,10). The van der Waals surface area contributed by atoms with Gasteiger partial charge in [0.2, 0.25) is 5.91 Å². The van der Waals surface area contributed by atoms with E-state index in [0.717, 1.165) is 19.4 Å². The van der Waals surface area contributed by atoms with E-state index in [-0.39, 0.29) is 32.0 Å². The molecule has 0 saturated carbocycles. The van der Waals surface area contributed by atoms with E-state index in [1.165, 1.54) is 0 Å². The van der Waals surface area contributed by atoms with Crippen molar-refractivity contribution >= 4 is 23.7 Å². The lowest BCUT2D eigenvalue weighted by molar-refractivity contribution is -0.200. The molecule has 0 atom stereocenters. The van der Waals surface area contributed by atoms with Crippen molar-refractivity contribution in [2.45, 2.75) is 46.5 Å². The molecule has 1 rings (SSSR count). The van der Waals surface area contributed by atoms with Gasteiger partial charge in [-0.15, -0.1) is 5.06 Å². The summed E-state index contributed by atoms with van der Waals surface area (Å²) in [5.41, 5.74) is 0. The Hall–Kier alpha value is -2.00. The summed E-state index contributed by atoms with van der Waals surface area (Å²) < 4.78 is 9.67. The van der Waals surface area contributed by atoms with Crippen LogP contribution in [0.4, 0.5) is 0 Å². The minimum atomic E-state index is -0.740. The van der Waals surface area contributed by atoms with Crippen LogP contribution in [-0.4, -0.2) is 61.7 Å². The molecule has 0 unspecified atom stereocenters. The summed E-state index contributed by atoms with van der Waals surface area (Å²) in [4.78, 5) is 48.3. The average molecular weight is 360 g/mol. The Bertz CT molecular complexity index is 424. The highest BCUT2D eigenvalue weighted by Gasteiger charge is 2.32. The molecule has 1 N–H and O–H groups in total. The number of nitrogens with one attached hydrogen (secondary N) is 1. The molecular weight excluding hydrogens is 332 g/mol. The molecule has 1 saturated heterocycles. The first-order valence-corrected chi connectivity index (χ1v) is 8.44. The molecule has 144 valence electrons. The van der Waals surface area contributed by atoms with Crippen LogP contribution in [0.2, 0.25) is 0 Å². The smallest absolute Gasteiger partial charge is 0.358 e. The van der Waals surface area contributed by atoms with Crippen molar-refractivity contribution in [2.24, 2.45) is 0 Å². The zero-order valence-corrected chi connectivity index (χ0v) is 15.2. The van der Waals surface area contributed by atoms with Crippen LogP contribution in [0.5, 0.6) is 0 Å². The first-order chi connectivity index (χ1) is 12.0. The zero-order valence-electron chi connectivity index (χ0n) is 15.2. The molecular formula is C16H28N2O7. The van der Waals surface area contributed by atoms with Crippen molar-refractivity contribution in [3.05, 3.63) is 0 Å². The fraction of sp³-hybridized carbons (Fsp3) is 0.750. The topological polar surface area (TPSA) is 111 Å². The Balaban J connectivity index is 0.000000477. The van der Waals surface area contributed by atoms with Crippen LogP contribution in [0, 0.1) is 0 Å². The third-order valence-corrected chi connectivity index (χ3v) is 2.91. The fourth-order valence-electron chi connectivity index (χ4n) is 1.62. The van der Waals surface area contributed by atoms with Gasteiger partial charge in [0.25, 0.3) is 11.8 Å². The van der Waals surface area contributed by atoms with Crippen molar-refractivity contribution < 1.29 is 33.5 Å². The van der Waals surface area contributed by atoms with E-state index in [2.05, 4.69) is 17.1 Å². The number of hydrogen-bond donors (Lipinski definition) is 1. The number of nitrogens with zero attached hydrogens (tertiary/aromatic N) is 1. The molecule has 1 aliphatic rings. The predicted octanol–water partition coefficient (Wildman–Crippen LogP) is 0.569. The van der Waals surface area contributed by atoms with Gasteiger partial charge in [-0.05, 0) is 20.3 Å².